The molecular formula is C19H18F3N7. The van der Waals surface area contributed by atoms with Gasteiger partial charge < -0.3 is 9.80 Å². The maximum absolute atomic E-state index is 13.0. The van der Waals surface area contributed by atoms with Crippen molar-refractivity contribution >= 4 is 22.7 Å². The number of anilines is 2. The van der Waals surface area contributed by atoms with E-state index in [1.54, 1.807) is 12.4 Å². The molecule has 3 aromatic rings. The summed E-state index contributed by atoms with van der Waals surface area (Å²) in [6, 6.07) is 2.93. The number of rotatable bonds is 2. The van der Waals surface area contributed by atoms with Crippen molar-refractivity contribution in [3.63, 3.8) is 0 Å². The van der Waals surface area contributed by atoms with E-state index in [9.17, 15) is 13.2 Å². The summed E-state index contributed by atoms with van der Waals surface area (Å²) in [5.74, 6) is 1.43. The fourth-order valence-corrected chi connectivity index (χ4v) is 4.37. The Bertz CT molecular complexity index is 1040. The zero-order chi connectivity index (χ0) is 20.0. The van der Waals surface area contributed by atoms with Crippen LogP contribution in [-0.2, 0) is 6.18 Å². The molecule has 29 heavy (non-hydrogen) atoms. The molecule has 7 nitrogen and oxygen atoms in total. The highest BCUT2D eigenvalue weighted by molar-refractivity contribution is 5.88. The summed E-state index contributed by atoms with van der Waals surface area (Å²) in [7, 11) is 0. The van der Waals surface area contributed by atoms with Crippen LogP contribution in [0.25, 0.3) is 10.9 Å². The van der Waals surface area contributed by atoms with Gasteiger partial charge in [-0.3, -0.25) is 4.98 Å². The molecule has 2 atom stereocenters. The first kappa shape index (κ1) is 18.0. The van der Waals surface area contributed by atoms with Crippen molar-refractivity contribution < 1.29 is 13.2 Å². The van der Waals surface area contributed by atoms with E-state index in [2.05, 4.69) is 29.8 Å². The summed E-state index contributed by atoms with van der Waals surface area (Å²) in [5.41, 5.74) is -0.142. The predicted molar refractivity (Wildman–Crippen MR) is 100 cm³/mol. The molecule has 2 saturated heterocycles. The Balaban J connectivity index is 1.45. The lowest BCUT2D eigenvalue weighted by Gasteiger charge is -2.39. The average Bonchev–Trinajstić information content (AvgIpc) is 3.16. The van der Waals surface area contributed by atoms with Gasteiger partial charge in [0, 0.05) is 37.4 Å². The summed E-state index contributed by atoms with van der Waals surface area (Å²) in [6.07, 6.45) is 3.55. The number of pyridine rings is 1. The third kappa shape index (κ3) is 3.22. The van der Waals surface area contributed by atoms with Crippen LogP contribution in [-0.4, -0.2) is 50.6 Å². The Hall–Kier alpha value is -3.04. The first-order valence-corrected chi connectivity index (χ1v) is 9.47. The van der Waals surface area contributed by atoms with Gasteiger partial charge in [-0.15, -0.1) is 0 Å². The normalized spacial score (nSPS) is 22.2. The standard InChI is InChI=1S/C19H18F3N7/c20-19(21,22)16-2-6-24-18(27-16)28-7-3-12-4-8-29(15(12)10-28)17-13-1-5-23-9-14(13)25-11-26-17/h1-2,5-6,9,11-12,15H,3-4,7-8,10H2. The summed E-state index contributed by atoms with van der Waals surface area (Å²) in [6.45, 7) is 2.05. The van der Waals surface area contributed by atoms with Crippen LogP contribution >= 0.6 is 0 Å². The number of aromatic nitrogens is 5. The quantitative estimate of drug-likeness (QED) is 0.654. The molecule has 2 aliphatic heterocycles. The summed E-state index contributed by atoms with van der Waals surface area (Å²) in [5, 5.41) is 0.926. The lowest BCUT2D eigenvalue weighted by molar-refractivity contribution is -0.141. The van der Waals surface area contributed by atoms with E-state index in [1.165, 1.54) is 12.5 Å². The number of alkyl halides is 3. The molecule has 2 aliphatic rings. The first-order chi connectivity index (χ1) is 14.0. The van der Waals surface area contributed by atoms with Crippen molar-refractivity contribution in [1.29, 1.82) is 0 Å². The molecule has 0 spiro atoms. The summed E-state index contributed by atoms with van der Waals surface area (Å²) in [4.78, 5) is 24.9. The molecule has 0 radical (unpaired) electrons. The number of halogens is 3. The van der Waals surface area contributed by atoms with Gasteiger partial charge in [-0.2, -0.15) is 13.2 Å². The summed E-state index contributed by atoms with van der Waals surface area (Å²) < 4.78 is 39.1. The second kappa shape index (κ2) is 6.78. The molecule has 0 bridgehead atoms. The maximum Gasteiger partial charge on any atom is 0.433 e. The number of nitrogens with zero attached hydrogens (tertiary/aromatic N) is 7. The van der Waals surface area contributed by atoms with Crippen LogP contribution in [0.2, 0.25) is 0 Å². The van der Waals surface area contributed by atoms with E-state index in [4.69, 9.17) is 0 Å². The molecule has 150 valence electrons. The van der Waals surface area contributed by atoms with E-state index in [0.29, 0.717) is 19.0 Å². The topological polar surface area (TPSA) is 70.9 Å². The lowest BCUT2D eigenvalue weighted by atomic mass is 9.92. The Morgan fingerprint density at radius 2 is 1.86 bits per heavy atom. The van der Waals surface area contributed by atoms with E-state index in [0.717, 1.165) is 42.2 Å². The Morgan fingerprint density at radius 1 is 1.00 bits per heavy atom. The fourth-order valence-electron chi connectivity index (χ4n) is 4.37. The smallest absolute Gasteiger partial charge is 0.351 e. The highest BCUT2D eigenvalue weighted by Crippen LogP contribution is 2.37. The highest BCUT2D eigenvalue weighted by Gasteiger charge is 2.41. The molecule has 0 aromatic carbocycles. The van der Waals surface area contributed by atoms with Crippen molar-refractivity contribution in [2.45, 2.75) is 25.1 Å². The van der Waals surface area contributed by atoms with E-state index in [-0.39, 0.29) is 12.0 Å². The van der Waals surface area contributed by atoms with Gasteiger partial charge in [0.1, 0.15) is 17.8 Å². The number of fused-ring (bicyclic) bond motifs is 2. The predicted octanol–water partition coefficient (Wildman–Crippen LogP) is 2.94. The molecule has 0 amide bonds. The minimum absolute atomic E-state index is 0.127. The van der Waals surface area contributed by atoms with Crippen LogP contribution in [0.5, 0.6) is 0 Å². The van der Waals surface area contributed by atoms with Gasteiger partial charge in [0.15, 0.2) is 0 Å². The van der Waals surface area contributed by atoms with Crippen molar-refractivity contribution in [1.82, 2.24) is 24.9 Å². The van der Waals surface area contributed by atoms with Gasteiger partial charge >= 0.3 is 6.18 Å². The first-order valence-electron chi connectivity index (χ1n) is 9.47. The molecule has 2 fully saturated rings. The van der Waals surface area contributed by atoms with Crippen molar-refractivity contribution in [3.8, 4) is 0 Å². The second-order valence-corrected chi connectivity index (χ2v) is 7.37. The zero-order valence-electron chi connectivity index (χ0n) is 15.4. The maximum atomic E-state index is 13.0. The van der Waals surface area contributed by atoms with Gasteiger partial charge in [-0.25, -0.2) is 19.9 Å². The van der Waals surface area contributed by atoms with Gasteiger partial charge in [-0.1, -0.05) is 0 Å². The van der Waals surface area contributed by atoms with Crippen LogP contribution in [0, 0.1) is 5.92 Å². The molecule has 5 rings (SSSR count). The fraction of sp³-hybridized carbons (Fsp3) is 0.421. The van der Waals surface area contributed by atoms with Gasteiger partial charge in [0.25, 0.3) is 0 Å². The molecule has 3 aromatic heterocycles. The molecule has 2 unspecified atom stereocenters. The van der Waals surface area contributed by atoms with Gasteiger partial charge in [-0.05, 0) is 30.9 Å². The van der Waals surface area contributed by atoms with Crippen LogP contribution < -0.4 is 9.80 Å². The molecule has 0 saturated carbocycles. The van der Waals surface area contributed by atoms with Crippen molar-refractivity contribution in [3.05, 3.63) is 42.7 Å². The van der Waals surface area contributed by atoms with E-state index >= 15 is 0 Å². The zero-order valence-corrected chi connectivity index (χ0v) is 15.4. The largest absolute Gasteiger partial charge is 0.433 e. The monoisotopic (exact) mass is 401 g/mol. The summed E-state index contributed by atoms with van der Waals surface area (Å²) >= 11 is 0. The molecular weight excluding hydrogens is 383 g/mol. The minimum atomic E-state index is -4.48. The van der Waals surface area contributed by atoms with E-state index in [1.807, 2.05) is 11.0 Å². The Labute approximate surface area is 164 Å². The highest BCUT2D eigenvalue weighted by atomic mass is 19.4. The Kier molecular flexibility index (Phi) is 4.21. The lowest BCUT2D eigenvalue weighted by Crippen LogP contribution is -2.49. The third-order valence-electron chi connectivity index (χ3n) is 5.77. The minimum Gasteiger partial charge on any atom is -0.351 e. The number of hydrogen-bond acceptors (Lipinski definition) is 7. The molecule has 0 N–H and O–H groups in total. The number of piperidine rings is 1. The van der Waals surface area contributed by atoms with Crippen LogP contribution in [0.15, 0.2) is 37.1 Å². The average molecular weight is 401 g/mol. The Morgan fingerprint density at radius 3 is 2.72 bits per heavy atom. The number of hydrogen-bond donors (Lipinski definition) is 0. The van der Waals surface area contributed by atoms with Crippen molar-refractivity contribution in [2.24, 2.45) is 5.92 Å². The molecule has 5 heterocycles. The van der Waals surface area contributed by atoms with Crippen LogP contribution in [0.3, 0.4) is 0 Å². The van der Waals surface area contributed by atoms with Crippen LogP contribution in [0.4, 0.5) is 24.9 Å². The third-order valence-corrected chi connectivity index (χ3v) is 5.77. The molecule has 0 aliphatic carbocycles. The molecule has 10 heteroatoms. The second-order valence-electron chi connectivity index (χ2n) is 7.37. The van der Waals surface area contributed by atoms with E-state index < -0.39 is 11.9 Å². The van der Waals surface area contributed by atoms with Gasteiger partial charge in [0.2, 0.25) is 5.95 Å². The van der Waals surface area contributed by atoms with Crippen molar-refractivity contribution in [2.75, 3.05) is 29.4 Å². The van der Waals surface area contributed by atoms with Gasteiger partial charge in [0.05, 0.1) is 17.8 Å². The van der Waals surface area contributed by atoms with Crippen LogP contribution in [0.1, 0.15) is 18.5 Å². The SMILES string of the molecule is FC(F)(F)c1ccnc(N2CCC3CCN(c4ncnc5cnccc45)C3C2)n1.